The maximum Gasteiger partial charge on any atom is 0.397 e. The first-order chi connectivity index (χ1) is 6.91. The molecule has 1 aliphatic rings. The smallest absolute Gasteiger partial charge is 0.324 e. The van der Waals surface area contributed by atoms with E-state index in [9.17, 15) is 9.18 Å². The number of carbonyl (C=O) groups excluding carboxylic acids is 1. The minimum atomic E-state index is -1.39. The fourth-order valence-corrected chi connectivity index (χ4v) is 2.63. The molecule has 1 fully saturated rings. The molecule has 0 aromatic heterocycles. The first kappa shape index (κ1) is 12.5. The summed E-state index contributed by atoms with van der Waals surface area (Å²) in [4.78, 5) is 10.6. The molecule has 0 spiro atoms. The van der Waals surface area contributed by atoms with Crippen molar-refractivity contribution < 1.29 is 9.18 Å². The number of rotatable bonds is 2. The Kier molecular flexibility index (Phi) is 4.12. The molecule has 0 saturated heterocycles. The van der Waals surface area contributed by atoms with Crippen molar-refractivity contribution in [3.63, 3.8) is 0 Å². The van der Waals surface area contributed by atoms with Crippen LogP contribution in [0.2, 0.25) is 0 Å². The lowest BCUT2D eigenvalue weighted by Gasteiger charge is -2.38. The Labute approximate surface area is 91.6 Å². The Hall–Kier alpha value is -0.600. The van der Waals surface area contributed by atoms with E-state index in [1.807, 2.05) is 0 Å². The zero-order valence-corrected chi connectivity index (χ0v) is 9.98. The SMILES string of the molecule is CC(C)(C)C(NC(=O)F)C1CCCCC1. The molecule has 1 unspecified atom stereocenters. The predicted octanol–water partition coefficient (Wildman–Crippen LogP) is 3.66. The Bertz CT molecular complexity index is 216. The Morgan fingerprint density at radius 2 is 1.80 bits per heavy atom. The van der Waals surface area contributed by atoms with Crippen LogP contribution in [0.5, 0.6) is 0 Å². The average molecular weight is 215 g/mol. The van der Waals surface area contributed by atoms with Gasteiger partial charge in [-0.1, -0.05) is 40.0 Å². The molecule has 88 valence electrons. The van der Waals surface area contributed by atoms with E-state index in [0.29, 0.717) is 5.92 Å². The molecule has 2 nitrogen and oxygen atoms in total. The summed E-state index contributed by atoms with van der Waals surface area (Å²) in [5.41, 5.74) is -0.0657. The minimum Gasteiger partial charge on any atom is -0.324 e. The van der Waals surface area contributed by atoms with Crippen LogP contribution in [0.4, 0.5) is 9.18 Å². The fraction of sp³-hybridized carbons (Fsp3) is 0.917. The van der Waals surface area contributed by atoms with Crippen molar-refractivity contribution in [1.82, 2.24) is 5.32 Å². The Balaban J connectivity index is 2.66. The zero-order valence-electron chi connectivity index (χ0n) is 9.98. The predicted molar refractivity (Wildman–Crippen MR) is 59.5 cm³/mol. The van der Waals surface area contributed by atoms with E-state index in [4.69, 9.17) is 0 Å². The van der Waals surface area contributed by atoms with Crippen LogP contribution < -0.4 is 5.32 Å². The van der Waals surface area contributed by atoms with Crippen LogP contribution in [-0.4, -0.2) is 12.2 Å². The third-order valence-electron chi connectivity index (χ3n) is 3.32. The Morgan fingerprint density at radius 3 is 2.20 bits per heavy atom. The second-order valence-electron chi connectivity index (χ2n) is 5.66. The molecule has 15 heavy (non-hydrogen) atoms. The summed E-state index contributed by atoms with van der Waals surface area (Å²) in [6, 6.07) is -0.0321. The lowest BCUT2D eigenvalue weighted by molar-refractivity contribution is 0.149. The van der Waals surface area contributed by atoms with E-state index in [-0.39, 0.29) is 11.5 Å². The molecule has 1 atom stereocenters. The molecule has 0 heterocycles. The van der Waals surface area contributed by atoms with Gasteiger partial charge in [-0.3, -0.25) is 0 Å². The minimum absolute atomic E-state index is 0.0321. The van der Waals surface area contributed by atoms with Crippen LogP contribution in [-0.2, 0) is 0 Å². The number of nitrogens with one attached hydrogen (secondary N) is 1. The van der Waals surface area contributed by atoms with E-state index in [0.717, 1.165) is 12.8 Å². The number of carbonyl (C=O) groups is 1. The zero-order chi connectivity index (χ0) is 11.5. The molecule has 1 aliphatic carbocycles. The van der Waals surface area contributed by atoms with Gasteiger partial charge in [-0.2, -0.15) is 0 Å². The summed E-state index contributed by atoms with van der Waals surface area (Å²) in [6.07, 6.45) is 4.53. The third-order valence-corrected chi connectivity index (χ3v) is 3.32. The summed E-state index contributed by atoms with van der Waals surface area (Å²) in [7, 11) is 0. The van der Waals surface area contributed by atoms with Crippen LogP contribution in [0, 0.1) is 11.3 Å². The van der Waals surface area contributed by atoms with E-state index < -0.39 is 6.16 Å². The van der Waals surface area contributed by atoms with Crippen molar-refractivity contribution >= 4 is 6.16 Å². The first-order valence-corrected chi connectivity index (χ1v) is 5.87. The summed E-state index contributed by atoms with van der Waals surface area (Å²) in [5.74, 6) is 0.443. The van der Waals surface area contributed by atoms with Crippen LogP contribution in [0.3, 0.4) is 0 Å². The number of halogens is 1. The van der Waals surface area contributed by atoms with Gasteiger partial charge in [0.05, 0.1) is 0 Å². The molecule has 1 rings (SSSR count). The molecular formula is C12H22FNO. The quantitative estimate of drug-likeness (QED) is 0.552. The fourth-order valence-electron chi connectivity index (χ4n) is 2.63. The van der Waals surface area contributed by atoms with Gasteiger partial charge in [-0.15, -0.1) is 4.39 Å². The molecular weight excluding hydrogens is 193 g/mol. The lowest BCUT2D eigenvalue weighted by atomic mass is 9.73. The molecule has 3 heteroatoms. The van der Waals surface area contributed by atoms with E-state index in [1.165, 1.54) is 19.3 Å². The largest absolute Gasteiger partial charge is 0.397 e. The van der Waals surface area contributed by atoms with Crippen molar-refractivity contribution in [3.8, 4) is 0 Å². The highest BCUT2D eigenvalue weighted by Gasteiger charge is 2.34. The first-order valence-electron chi connectivity index (χ1n) is 5.87. The van der Waals surface area contributed by atoms with Gasteiger partial charge in [0.25, 0.3) is 0 Å². The molecule has 0 aromatic carbocycles. The summed E-state index contributed by atoms with van der Waals surface area (Å²) in [6.45, 7) is 6.17. The maximum absolute atomic E-state index is 12.5. The van der Waals surface area contributed by atoms with Gasteiger partial charge in [0.15, 0.2) is 0 Å². The van der Waals surface area contributed by atoms with Crippen molar-refractivity contribution in [3.05, 3.63) is 0 Å². The number of hydrogen-bond donors (Lipinski definition) is 1. The number of amides is 1. The highest BCUT2D eigenvalue weighted by molar-refractivity contribution is 5.66. The normalized spacial score (nSPS) is 21.1. The van der Waals surface area contributed by atoms with Crippen molar-refractivity contribution in [2.75, 3.05) is 0 Å². The standard InChI is InChI=1S/C12H22FNO/c1-12(2,3)10(14-11(13)15)9-7-5-4-6-8-9/h9-10H,4-8H2,1-3H3,(H,14,15). The molecule has 1 saturated carbocycles. The summed E-state index contributed by atoms with van der Waals surface area (Å²) >= 11 is 0. The van der Waals surface area contributed by atoms with Gasteiger partial charge in [0.2, 0.25) is 0 Å². The molecule has 0 radical (unpaired) electrons. The Morgan fingerprint density at radius 1 is 1.27 bits per heavy atom. The lowest BCUT2D eigenvalue weighted by Crippen LogP contribution is -2.47. The number of hydrogen-bond acceptors (Lipinski definition) is 1. The molecule has 0 aromatic rings. The van der Waals surface area contributed by atoms with Crippen LogP contribution in [0.25, 0.3) is 0 Å². The van der Waals surface area contributed by atoms with Gasteiger partial charge in [0, 0.05) is 6.04 Å². The highest BCUT2D eigenvalue weighted by atomic mass is 19.1. The second kappa shape index (κ2) is 4.95. The molecule has 0 bridgehead atoms. The average Bonchev–Trinajstić information content (AvgIpc) is 2.14. The topological polar surface area (TPSA) is 29.1 Å². The molecule has 0 aliphatic heterocycles. The van der Waals surface area contributed by atoms with Crippen molar-refractivity contribution in [2.45, 2.75) is 58.9 Å². The third kappa shape index (κ3) is 3.80. The second-order valence-corrected chi connectivity index (χ2v) is 5.66. The molecule has 1 amide bonds. The monoisotopic (exact) mass is 215 g/mol. The van der Waals surface area contributed by atoms with E-state index in [2.05, 4.69) is 26.1 Å². The van der Waals surface area contributed by atoms with Gasteiger partial charge in [-0.25, -0.2) is 4.79 Å². The summed E-state index contributed by atoms with van der Waals surface area (Å²) < 4.78 is 12.5. The van der Waals surface area contributed by atoms with Gasteiger partial charge in [-0.05, 0) is 24.2 Å². The van der Waals surface area contributed by atoms with Crippen LogP contribution in [0.1, 0.15) is 52.9 Å². The van der Waals surface area contributed by atoms with Crippen LogP contribution >= 0.6 is 0 Å². The summed E-state index contributed by atoms with van der Waals surface area (Å²) in [5, 5.41) is 2.48. The highest BCUT2D eigenvalue weighted by Crippen LogP contribution is 2.34. The van der Waals surface area contributed by atoms with Crippen molar-refractivity contribution in [1.29, 1.82) is 0 Å². The van der Waals surface area contributed by atoms with Crippen LogP contribution in [0.15, 0.2) is 0 Å². The van der Waals surface area contributed by atoms with E-state index >= 15 is 0 Å². The van der Waals surface area contributed by atoms with Gasteiger partial charge < -0.3 is 5.32 Å². The molecule has 1 N–H and O–H groups in total. The van der Waals surface area contributed by atoms with Gasteiger partial charge in [0.1, 0.15) is 0 Å². The van der Waals surface area contributed by atoms with E-state index in [1.54, 1.807) is 0 Å². The maximum atomic E-state index is 12.5. The van der Waals surface area contributed by atoms with Crippen molar-refractivity contribution in [2.24, 2.45) is 11.3 Å². The van der Waals surface area contributed by atoms with Gasteiger partial charge >= 0.3 is 6.16 Å².